The van der Waals surface area contributed by atoms with E-state index in [1.807, 2.05) is 18.2 Å². The Balaban J connectivity index is 1.21. The number of thioether (sulfide) groups is 1. The zero-order chi connectivity index (χ0) is 27.4. The number of ether oxygens (including phenoxy) is 1. The van der Waals surface area contributed by atoms with Crippen LogP contribution in [0, 0.1) is 5.82 Å². The van der Waals surface area contributed by atoms with E-state index in [0.717, 1.165) is 44.3 Å². The topological polar surface area (TPSA) is 76.5 Å². The maximum atomic E-state index is 15.0. The van der Waals surface area contributed by atoms with Crippen LogP contribution in [0.15, 0.2) is 36.4 Å². The first-order valence-corrected chi connectivity index (χ1v) is 15.1. The molecule has 1 amide bonds. The standard InChI is InChI=1S/C29H34ClFN4O3S/c1-34-26-12-6-5-11-22(26)27(33-34)28(37)32-25-17-24(31)19(16-23(25)30)15-20(36)18-39-29(35-13-7-8-14-35)38-21-9-3-2-4-10-21/h5-6,11-12,16-17,21,29H,2-4,7-10,13-15,18H2,1H3,(H,32,37). The molecule has 2 fully saturated rings. The fraction of sp³-hybridized carbons (Fsp3) is 0.483. The first kappa shape index (κ1) is 28.1. The Morgan fingerprint density at radius 2 is 1.90 bits per heavy atom. The van der Waals surface area contributed by atoms with Gasteiger partial charge >= 0.3 is 0 Å². The summed E-state index contributed by atoms with van der Waals surface area (Å²) in [6.07, 6.45) is 8.24. The van der Waals surface area contributed by atoms with Crippen LogP contribution in [0.2, 0.25) is 5.02 Å². The van der Waals surface area contributed by atoms with Crippen LogP contribution in [0.5, 0.6) is 0 Å². The van der Waals surface area contributed by atoms with Crippen molar-refractivity contribution in [2.24, 2.45) is 7.05 Å². The molecular formula is C29H34ClFN4O3S. The lowest BCUT2D eigenvalue weighted by molar-refractivity contribution is -0.116. The number of ketones is 1. The molecule has 3 aromatic rings. The van der Waals surface area contributed by atoms with Gasteiger partial charge in [-0.3, -0.25) is 19.2 Å². The Morgan fingerprint density at radius 3 is 2.67 bits per heavy atom. The number of carbonyl (C=O) groups excluding carboxylic acids is 2. The minimum atomic E-state index is -0.589. The normalized spacial score (nSPS) is 17.5. The molecule has 7 nitrogen and oxygen atoms in total. The Labute approximate surface area is 237 Å². The first-order chi connectivity index (χ1) is 18.9. The number of carbonyl (C=O) groups is 2. The average Bonchev–Trinajstić information content (AvgIpc) is 3.59. The number of hydrogen-bond acceptors (Lipinski definition) is 6. The van der Waals surface area contributed by atoms with Crippen LogP contribution < -0.4 is 5.32 Å². The van der Waals surface area contributed by atoms with Crippen LogP contribution in [0.1, 0.15) is 61.0 Å². The zero-order valence-electron chi connectivity index (χ0n) is 22.1. The lowest BCUT2D eigenvalue weighted by Crippen LogP contribution is -2.37. The van der Waals surface area contributed by atoms with E-state index in [2.05, 4.69) is 15.3 Å². The highest BCUT2D eigenvalue weighted by atomic mass is 35.5. The van der Waals surface area contributed by atoms with Crippen LogP contribution in [0.25, 0.3) is 10.9 Å². The summed E-state index contributed by atoms with van der Waals surface area (Å²) in [6, 6.07) is 9.95. The number of anilines is 1. The molecule has 2 heterocycles. The number of nitrogens with one attached hydrogen (secondary N) is 1. The lowest BCUT2D eigenvalue weighted by atomic mass is 9.98. The summed E-state index contributed by atoms with van der Waals surface area (Å²) >= 11 is 7.91. The van der Waals surface area contributed by atoms with Gasteiger partial charge in [0.25, 0.3) is 5.91 Å². The smallest absolute Gasteiger partial charge is 0.276 e. The summed E-state index contributed by atoms with van der Waals surface area (Å²) in [6.45, 7) is 1.95. The van der Waals surface area contributed by atoms with Crippen molar-refractivity contribution in [1.29, 1.82) is 0 Å². The van der Waals surface area contributed by atoms with E-state index < -0.39 is 11.7 Å². The number of para-hydroxylation sites is 1. The van der Waals surface area contributed by atoms with Crippen molar-refractivity contribution in [2.75, 3.05) is 24.2 Å². The van der Waals surface area contributed by atoms with E-state index in [9.17, 15) is 9.59 Å². The van der Waals surface area contributed by atoms with Crippen molar-refractivity contribution in [3.05, 3.63) is 58.5 Å². The number of benzene rings is 2. The minimum absolute atomic E-state index is 0.0756. The number of amides is 1. The number of likely N-dealkylation sites (tertiary alicyclic amines) is 1. The van der Waals surface area contributed by atoms with Crippen LogP contribution in [-0.2, 0) is 23.0 Å². The molecule has 2 aromatic carbocycles. The van der Waals surface area contributed by atoms with E-state index in [1.165, 1.54) is 43.2 Å². The quantitative estimate of drug-likeness (QED) is 0.292. The number of aryl methyl sites for hydroxylation is 1. The van der Waals surface area contributed by atoms with E-state index in [4.69, 9.17) is 16.3 Å². The molecule has 208 valence electrons. The van der Waals surface area contributed by atoms with Crippen molar-refractivity contribution in [2.45, 2.75) is 63.0 Å². The zero-order valence-corrected chi connectivity index (χ0v) is 23.7. The van der Waals surface area contributed by atoms with E-state index in [-0.39, 0.29) is 51.6 Å². The van der Waals surface area contributed by atoms with Gasteiger partial charge in [-0.05, 0) is 49.4 Å². The third-order valence-corrected chi connectivity index (χ3v) is 8.93. The molecule has 0 radical (unpaired) electrons. The third kappa shape index (κ3) is 6.82. The molecule has 1 N–H and O–H groups in total. The fourth-order valence-corrected chi connectivity index (χ4v) is 6.68. The Kier molecular flexibility index (Phi) is 9.22. The number of Topliss-reactive ketones (excluding diaryl/α,β-unsaturated/α-hetero) is 1. The number of halogens is 2. The molecule has 1 aliphatic carbocycles. The average molecular weight is 573 g/mol. The van der Waals surface area contributed by atoms with Gasteiger partial charge in [0.15, 0.2) is 11.3 Å². The molecule has 10 heteroatoms. The van der Waals surface area contributed by atoms with Crippen LogP contribution in [-0.4, -0.2) is 56.9 Å². The monoisotopic (exact) mass is 572 g/mol. The van der Waals surface area contributed by atoms with Gasteiger partial charge in [-0.2, -0.15) is 5.10 Å². The molecule has 1 aromatic heterocycles. The molecule has 2 aliphatic rings. The molecule has 0 bridgehead atoms. The van der Waals surface area contributed by atoms with Crippen molar-refractivity contribution in [1.82, 2.24) is 14.7 Å². The summed E-state index contributed by atoms with van der Waals surface area (Å²) in [7, 11) is 1.76. The van der Waals surface area contributed by atoms with Gasteiger partial charge in [-0.15, -0.1) is 11.8 Å². The van der Waals surface area contributed by atoms with Crippen LogP contribution in [0.3, 0.4) is 0 Å². The van der Waals surface area contributed by atoms with Crippen molar-refractivity contribution in [3.8, 4) is 0 Å². The molecule has 1 unspecified atom stereocenters. The Morgan fingerprint density at radius 1 is 1.15 bits per heavy atom. The Bertz CT molecular complexity index is 1340. The minimum Gasteiger partial charge on any atom is -0.350 e. The fourth-order valence-electron chi connectivity index (χ4n) is 5.36. The molecule has 0 spiro atoms. The van der Waals surface area contributed by atoms with E-state index in [0.29, 0.717) is 5.39 Å². The molecular weight excluding hydrogens is 539 g/mol. The second kappa shape index (κ2) is 12.8. The van der Waals surface area contributed by atoms with Gasteiger partial charge in [0.2, 0.25) is 0 Å². The Hall–Kier alpha value is -2.46. The second-order valence-electron chi connectivity index (χ2n) is 10.3. The predicted octanol–water partition coefficient (Wildman–Crippen LogP) is 6.19. The van der Waals surface area contributed by atoms with Gasteiger partial charge in [-0.1, -0.05) is 49.1 Å². The summed E-state index contributed by atoms with van der Waals surface area (Å²) in [5.74, 6) is -0.938. The van der Waals surface area contributed by atoms with Crippen molar-refractivity contribution < 1.29 is 18.7 Å². The maximum absolute atomic E-state index is 15.0. The highest BCUT2D eigenvalue weighted by Gasteiger charge is 2.28. The van der Waals surface area contributed by atoms with Crippen molar-refractivity contribution >= 4 is 51.6 Å². The van der Waals surface area contributed by atoms with Gasteiger partial charge in [0.1, 0.15) is 11.6 Å². The van der Waals surface area contributed by atoms with Gasteiger partial charge in [0.05, 0.1) is 28.1 Å². The highest BCUT2D eigenvalue weighted by molar-refractivity contribution is 8.00. The van der Waals surface area contributed by atoms with Crippen LogP contribution in [0.4, 0.5) is 10.1 Å². The number of hydrogen-bond donors (Lipinski definition) is 1. The molecule has 39 heavy (non-hydrogen) atoms. The summed E-state index contributed by atoms with van der Waals surface area (Å²) in [5, 5.41) is 7.82. The first-order valence-electron chi connectivity index (χ1n) is 13.6. The summed E-state index contributed by atoms with van der Waals surface area (Å²) < 4.78 is 23.1. The van der Waals surface area contributed by atoms with E-state index >= 15 is 4.39 Å². The van der Waals surface area contributed by atoms with Gasteiger partial charge in [-0.25, -0.2) is 4.39 Å². The number of nitrogens with zero attached hydrogens (tertiary/aromatic N) is 3. The molecule has 1 atom stereocenters. The molecule has 1 saturated heterocycles. The SMILES string of the molecule is Cn1nc(C(=O)Nc2cc(F)c(CC(=O)CSC(OC3CCCCC3)N3CCCC3)cc2Cl)c2ccccc21. The second-order valence-corrected chi connectivity index (χ2v) is 11.8. The number of rotatable bonds is 10. The predicted molar refractivity (Wildman–Crippen MR) is 154 cm³/mol. The largest absolute Gasteiger partial charge is 0.350 e. The van der Waals surface area contributed by atoms with E-state index in [1.54, 1.807) is 17.8 Å². The molecule has 1 aliphatic heterocycles. The van der Waals surface area contributed by atoms with Crippen LogP contribution >= 0.6 is 23.4 Å². The molecule has 5 rings (SSSR count). The maximum Gasteiger partial charge on any atom is 0.276 e. The third-order valence-electron chi connectivity index (χ3n) is 7.43. The summed E-state index contributed by atoms with van der Waals surface area (Å²) in [5.41, 5.74) is 1.23. The summed E-state index contributed by atoms with van der Waals surface area (Å²) in [4.78, 5) is 28.1. The van der Waals surface area contributed by atoms with Gasteiger partial charge in [0, 0.05) is 31.9 Å². The number of fused-ring (bicyclic) bond motifs is 1. The van der Waals surface area contributed by atoms with Crippen molar-refractivity contribution in [3.63, 3.8) is 0 Å². The highest BCUT2D eigenvalue weighted by Crippen LogP contribution is 2.30. The lowest BCUT2D eigenvalue weighted by Gasteiger charge is -2.32. The number of aromatic nitrogens is 2. The van der Waals surface area contributed by atoms with Gasteiger partial charge < -0.3 is 10.1 Å². The molecule has 1 saturated carbocycles.